The van der Waals surface area contributed by atoms with Gasteiger partial charge in [0, 0.05) is 12.6 Å². The Labute approximate surface area is 83.2 Å². The van der Waals surface area contributed by atoms with Gasteiger partial charge in [-0.25, -0.2) is 0 Å². The maximum atomic E-state index is 11.3. The molecule has 0 fully saturated rings. The molecule has 1 aromatic heterocycles. The molecule has 0 saturated heterocycles. The van der Waals surface area contributed by atoms with Gasteiger partial charge in [-0.2, -0.15) is 4.57 Å². The predicted molar refractivity (Wildman–Crippen MR) is 51.6 cm³/mol. The summed E-state index contributed by atoms with van der Waals surface area (Å²) in [5.41, 5.74) is 0. The highest BCUT2D eigenvalue weighted by molar-refractivity contribution is 5.74. The Morgan fingerprint density at radius 2 is 2.43 bits per heavy atom. The van der Waals surface area contributed by atoms with Crippen molar-refractivity contribution >= 4 is 5.91 Å². The molecule has 1 rings (SSSR count). The average Bonchev–Trinajstić information content (AvgIpc) is 2.15. The van der Waals surface area contributed by atoms with E-state index in [1.54, 1.807) is 22.9 Å². The van der Waals surface area contributed by atoms with Gasteiger partial charge in [0.15, 0.2) is 11.9 Å². The minimum Gasteiger partial charge on any atom is -0.503 e. The first kappa shape index (κ1) is 10.5. The van der Waals surface area contributed by atoms with E-state index in [2.05, 4.69) is 5.32 Å². The van der Waals surface area contributed by atoms with E-state index in [4.69, 9.17) is 5.11 Å². The Morgan fingerprint density at radius 1 is 1.64 bits per heavy atom. The molecule has 0 aliphatic carbocycles. The van der Waals surface area contributed by atoms with Crippen LogP contribution in [-0.2, 0) is 11.3 Å². The van der Waals surface area contributed by atoms with Gasteiger partial charge in [0.25, 0.3) is 5.91 Å². The molecule has 0 atom stereocenters. The van der Waals surface area contributed by atoms with E-state index in [9.17, 15) is 4.79 Å². The average molecular weight is 195 g/mol. The molecule has 0 saturated carbocycles. The first-order chi connectivity index (χ1) is 6.72. The zero-order chi connectivity index (χ0) is 10.4. The Bertz CT molecular complexity index is 313. The zero-order valence-electron chi connectivity index (χ0n) is 8.23. The van der Waals surface area contributed by atoms with Gasteiger partial charge in [0.1, 0.15) is 0 Å². The van der Waals surface area contributed by atoms with Crippen LogP contribution in [0.25, 0.3) is 0 Å². The highest BCUT2D eigenvalue weighted by atomic mass is 16.3. The molecule has 0 aliphatic heterocycles. The summed E-state index contributed by atoms with van der Waals surface area (Å²) in [5, 5.41) is 11.9. The molecule has 76 valence electrons. The number of nitrogens with one attached hydrogen (secondary N) is 1. The zero-order valence-corrected chi connectivity index (χ0v) is 8.23. The van der Waals surface area contributed by atoms with E-state index in [1.165, 1.54) is 6.20 Å². The number of carbonyl (C=O) groups excluding carboxylic acids is 1. The van der Waals surface area contributed by atoms with Crippen LogP contribution < -0.4 is 9.88 Å². The fourth-order valence-electron chi connectivity index (χ4n) is 1.09. The van der Waals surface area contributed by atoms with E-state index >= 15 is 0 Å². The second kappa shape index (κ2) is 5.21. The van der Waals surface area contributed by atoms with E-state index in [0.29, 0.717) is 6.54 Å². The lowest BCUT2D eigenvalue weighted by Gasteiger charge is -1.99. The van der Waals surface area contributed by atoms with Crippen molar-refractivity contribution in [2.75, 3.05) is 6.54 Å². The Hall–Kier alpha value is -1.58. The maximum absolute atomic E-state index is 11.3. The fourth-order valence-corrected chi connectivity index (χ4v) is 1.09. The van der Waals surface area contributed by atoms with Crippen molar-refractivity contribution in [2.45, 2.75) is 19.9 Å². The van der Waals surface area contributed by atoms with Gasteiger partial charge in [-0.1, -0.05) is 6.92 Å². The van der Waals surface area contributed by atoms with Gasteiger partial charge in [-0.15, -0.1) is 0 Å². The van der Waals surface area contributed by atoms with Crippen LogP contribution in [0.15, 0.2) is 24.5 Å². The molecule has 1 heterocycles. The fraction of sp³-hybridized carbons (Fsp3) is 0.400. The van der Waals surface area contributed by atoms with Crippen molar-refractivity contribution < 1.29 is 14.5 Å². The van der Waals surface area contributed by atoms with Crippen LogP contribution in [-0.4, -0.2) is 17.6 Å². The van der Waals surface area contributed by atoms with Crippen molar-refractivity contribution in [2.24, 2.45) is 0 Å². The monoisotopic (exact) mass is 195 g/mol. The molecule has 1 aromatic rings. The molecule has 2 N–H and O–H groups in total. The van der Waals surface area contributed by atoms with E-state index < -0.39 is 0 Å². The molecule has 1 amide bonds. The van der Waals surface area contributed by atoms with Crippen LogP contribution in [0.1, 0.15) is 13.3 Å². The number of hydrogen-bond acceptors (Lipinski definition) is 2. The summed E-state index contributed by atoms with van der Waals surface area (Å²) in [7, 11) is 0. The molecule has 0 aliphatic rings. The Kier molecular flexibility index (Phi) is 3.91. The summed E-state index contributed by atoms with van der Waals surface area (Å²) in [4.78, 5) is 11.3. The van der Waals surface area contributed by atoms with Crippen LogP contribution in [0.4, 0.5) is 0 Å². The van der Waals surface area contributed by atoms with Crippen molar-refractivity contribution in [1.82, 2.24) is 5.32 Å². The molecule has 14 heavy (non-hydrogen) atoms. The van der Waals surface area contributed by atoms with Crippen molar-refractivity contribution in [3.05, 3.63) is 24.5 Å². The summed E-state index contributed by atoms with van der Waals surface area (Å²) < 4.78 is 1.64. The lowest BCUT2D eigenvalue weighted by Crippen LogP contribution is -2.42. The number of nitrogens with zero attached hydrogens (tertiary/aromatic N) is 1. The largest absolute Gasteiger partial charge is 0.503 e. The van der Waals surface area contributed by atoms with Crippen LogP contribution in [0.2, 0.25) is 0 Å². The molecule has 0 aromatic carbocycles. The third-order valence-corrected chi connectivity index (χ3v) is 1.74. The summed E-state index contributed by atoms with van der Waals surface area (Å²) in [6, 6.07) is 3.27. The number of aromatic nitrogens is 1. The second-order valence-electron chi connectivity index (χ2n) is 3.08. The summed E-state index contributed by atoms with van der Waals surface area (Å²) in [6.45, 7) is 2.94. The van der Waals surface area contributed by atoms with E-state index in [1.807, 2.05) is 6.92 Å². The molecule has 0 bridgehead atoms. The number of carbonyl (C=O) groups is 1. The van der Waals surface area contributed by atoms with Crippen LogP contribution in [0.5, 0.6) is 5.75 Å². The summed E-state index contributed by atoms with van der Waals surface area (Å²) >= 11 is 0. The SMILES string of the molecule is CCCNC(=O)C[n+]1cccc(O)c1. The molecule has 0 radical (unpaired) electrons. The minimum atomic E-state index is -0.0394. The predicted octanol–water partition coefficient (Wildman–Crippen LogP) is 0.206. The first-order valence-corrected chi connectivity index (χ1v) is 4.67. The van der Waals surface area contributed by atoms with Crippen molar-refractivity contribution in [3.63, 3.8) is 0 Å². The first-order valence-electron chi connectivity index (χ1n) is 4.67. The highest BCUT2D eigenvalue weighted by Crippen LogP contribution is 1.99. The van der Waals surface area contributed by atoms with Gasteiger partial charge >= 0.3 is 0 Å². The van der Waals surface area contributed by atoms with Crippen LogP contribution in [0.3, 0.4) is 0 Å². The topological polar surface area (TPSA) is 53.2 Å². The van der Waals surface area contributed by atoms with Gasteiger partial charge < -0.3 is 10.4 Å². The third kappa shape index (κ3) is 3.43. The summed E-state index contributed by atoms with van der Waals surface area (Å²) in [6.07, 6.45) is 4.19. The van der Waals surface area contributed by atoms with Gasteiger partial charge in [-0.05, 0) is 12.5 Å². The molecule has 4 heteroatoms. The lowest BCUT2D eigenvalue weighted by molar-refractivity contribution is -0.684. The van der Waals surface area contributed by atoms with E-state index in [-0.39, 0.29) is 18.2 Å². The number of rotatable bonds is 4. The maximum Gasteiger partial charge on any atom is 0.285 e. The van der Waals surface area contributed by atoms with Gasteiger partial charge in [0.05, 0.1) is 0 Å². The lowest BCUT2D eigenvalue weighted by atomic mass is 10.4. The second-order valence-corrected chi connectivity index (χ2v) is 3.08. The van der Waals surface area contributed by atoms with Crippen molar-refractivity contribution in [1.29, 1.82) is 0 Å². The Balaban J connectivity index is 2.47. The number of pyridine rings is 1. The normalized spacial score (nSPS) is 9.79. The third-order valence-electron chi connectivity index (χ3n) is 1.74. The number of aromatic hydroxyl groups is 1. The standard InChI is InChI=1S/C10H14N2O2/c1-2-5-11-10(14)8-12-6-3-4-9(13)7-12/h3-4,6-7H,2,5,8H2,1H3,(H-,11,13,14)/p+1. The van der Waals surface area contributed by atoms with Gasteiger partial charge in [-0.3, -0.25) is 4.79 Å². The highest BCUT2D eigenvalue weighted by Gasteiger charge is 2.08. The van der Waals surface area contributed by atoms with Crippen molar-refractivity contribution in [3.8, 4) is 5.75 Å². The molecular formula is C10H15N2O2+. The van der Waals surface area contributed by atoms with Gasteiger partial charge in [0.2, 0.25) is 12.7 Å². The number of amides is 1. The minimum absolute atomic E-state index is 0.0394. The number of hydrogen-bond donors (Lipinski definition) is 2. The summed E-state index contributed by atoms with van der Waals surface area (Å²) in [5.74, 6) is 0.123. The molecular weight excluding hydrogens is 180 g/mol. The smallest absolute Gasteiger partial charge is 0.285 e. The van der Waals surface area contributed by atoms with Crippen LogP contribution >= 0.6 is 0 Å². The molecule has 0 unspecified atom stereocenters. The Morgan fingerprint density at radius 3 is 3.07 bits per heavy atom. The quantitative estimate of drug-likeness (QED) is 0.675. The molecule has 0 spiro atoms. The van der Waals surface area contributed by atoms with E-state index in [0.717, 1.165) is 6.42 Å². The van der Waals surface area contributed by atoms with Crippen LogP contribution in [0, 0.1) is 0 Å². The molecule has 4 nitrogen and oxygen atoms in total.